The van der Waals surface area contributed by atoms with Crippen LogP contribution in [0.3, 0.4) is 0 Å². The Kier molecular flexibility index (Phi) is 6.22. The number of carbonyl (C=O) groups excluding carboxylic acids is 1. The molecule has 138 valence electrons. The molecule has 1 aliphatic heterocycles. The Hall–Kier alpha value is -1.98. The van der Waals surface area contributed by atoms with Crippen molar-refractivity contribution in [3.8, 4) is 0 Å². The summed E-state index contributed by atoms with van der Waals surface area (Å²) in [6, 6.07) is 10.3. The molecular formula is C21H27N3OS. The lowest BCUT2D eigenvalue weighted by Gasteiger charge is -2.34. The molecule has 5 heteroatoms. The molecule has 1 amide bonds. The largest absolute Gasteiger partial charge is 0.335 e. The summed E-state index contributed by atoms with van der Waals surface area (Å²) in [4.78, 5) is 22.6. The number of hydrogen-bond acceptors (Lipinski definition) is 4. The number of aromatic nitrogens is 1. The zero-order chi connectivity index (χ0) is 18.5. The molecule has 3 rings (SSSR count). The zero-order valence-electron chi connectivity index (χ0n) is 15.8. The maximum Gasteiger partial charge on any atom is 0.265 e. The van der Waals surface area contributed by atoms with Crippen LogP contribution >= 0.6 is 11.3 Å². The van der Waals surface area contributed by atoms with Crippen LogP contribution in [0, 0.1) is 6.92 Å². The van der Waals surface area contributed by atoms with Crippen molar-refractivity contribution in [2.45, 2.75) is 26.7 Å². The molecule has 2 heterocycles. The first kappa shape index (κ1) is 18.8. The van der Waals surface area contributed by atoms with Gasteiger partial charge in [0, 0.05) is 38.6 Å². The molecule has 1 aromatic heterocycles. The van der Waals surface area contributed by atoms with Crippen molar-refractivity contribution in [2.24, 2.45) is 0 Å². The Balaban J connectivity index is 1.52. The van der Waals surface area contributed by atoms with Gasteiger partial charge in [0.2, 0.25) is 0 Å². The van der Waals surface area contributed by atoms with Gasteiger partial charge in [-0.05, 0) is 12.5 Å². The Labute approximate surface area is 160 Å². The predicted molar refractivity (Wildman–Crippen MR) is 109 cm³/mol. The molecule has 0 spiro atoms. The fraction of sp³-hybridized carbons (Fsp3) is 0.429. The first-order valence-electron chi connectivity index (χ1n) is 9.25. The molecule has 0 radical (unpaired) electrons. The number of benzene rings is 1. The Bertz CT molecular complexity index is 759. The van der Waals surface area contributed by atoms with Gasteiger partial charge in [0.1, 0.15) is 4.88 Å². The van der Waals surface area contributed by atoms with Crippen LogP contribution in [-0.4, -0.2) is 53.4 Å². The van der Waals surface area contributed by atoms with Gasteiger partial charge in [-0.15, -0.1) is 11.3 Å². The number of nitrogens with zero attached hydrogens (tertiary/aromatic N) is 3. The minimum atomic E-state index is 0.145. The number of carbonyl (C=O) groups is 1. The molecule has 0 aliphatic carbocycles. The van der Waals surface area contributed by atoms with E-state index < -0.39 is 0 Å². The summed E-state index contributed by atoms with van der Waals surface area (Å²) in [7, 11) is 0. The van der Waals surface area contributed by atoms with E-state index in [1.54, 1.807) is 11.3 Å². The number of aryl methyl sites for hydroxylation is 1. The summed E-state index contributed by atoms with van der Waals surface area (Å²) in [5.74, 6) is 0.514. The molecule has 1 fully saturated rings. The summed E-state index contributed by atoms with van der Waals surface area (Å²) >= 11 is 1.55. The van der Waals surface area contributed by atoms with Crippen molar-refractivity contribution in [3.05, 3.63) is 57.6 Å². The number of amides is 1. The normalized spacial score (nSPS) is 15.9. The SMILES string of the molecule is Cc1nc(C(C)C)sc1C(=O)N1CCN(CC=Cc2ccccc2)CC1. The van der Waals surface area contributed by atoms with Crippen LogP contribution in [0.15, 0.2) is 36.4 Å². The minimum absolute atomic E-state index is 0.145. The van der Waals surface area contributed by atoms with E-state index in [4.69, 9.17) is 0 Å². The zero-order valence-corrected chi connectivity index (χ0v) is 16.6. The summed E-state index contributed by atoms with van der Waals surface area (Å²) in [6.07, 6.45) is 4.36. The average Bonchev–Trinajstić information content (AvgIpc) is 3.05. The average molecular weight is 370 g/mol. The molecule has 1 saturated heterocycles. The standard InChI is InChI=1S/C21H27N3OS/c1-16(2)20-22-17(3)19(26-20)21(25)24-14-12-23(13-15-24)11-7-10-18-8-5-4-6-9-18/h4-10,16H,11-15H2,1-3H3. The van der Waals surface area contributed by atoms with E-state index in [0.29, 0.717) is 5.92 Å². The molecule has 26 heavy (non-hydrogen) atoms. The maximum absolute atomic E-state index is 12.8. The molecule has 0 saturated carbocycles. The third kappa shape index (κ3) is 4.59. The monoisotopic (exact) mass is 369 g/mol. The van der Waals surface area contributed by atoms with Crippen molar-refractivity contribution in [1.82, 2.24) is 14.8 Å². The maximum atomic E-state index is 12.8. The Morgan fingerprint density at radius 1 is 1.19 bits per heavy atom. The molecule has 0 unspecified atom stereocenters. The summed E-state index contributed by atoms with van der Waals surface area (Å²) in [6.45, 7) is 10.5. The molecule has 4 nitrogen and oxygen atoms in total. The van der Waals surface area contributed by atoms with Crippen LogP contribution in [0.2, 0.25) is 0 Å². The topological polar surface area (TPSA) is 36.4 Å². The highest BCUT2D eigenvalue weighted by Gasteiger charge is 2.25. The Morgan fingerprint density at radius 3 is 2.50 bits per heavy atom. The van der Waals surface area contributed by atoms with Gasteiger partial charge in [-0.25, -0.2) is 4.98 Å². The number of piperazine rings is 1. The highest BCUT2D eigenvalue weighted by molar-refractivity contribution is 7.13. The third-order valence-corrected chi connectivity index (χ3v) is 6.08. The second-order valence-corrected chi connectivity index (χ2v) is 8.06. The van der Waals surface area contributed by atoms with Gasteiger partial charge >= 0.3 is 0 Å². The smallest absolute Gasteiger partial charge is 0.265 e. The molecule has 1 aromatic carbocycles. The van der Waals surface area contributed by atoms with E-state index in [-0.39, 0.29) is 5.91 Å². The van der Waals surface area contributed by atoms with Gasteiger partial charge in [-0.2, -0.15) is 0 Å². The summed E-state index contributed by atoms with van der Waals surface area (Å²) < 4.78 is 0. The van der Waals surface area contributed by atoms with Gasteiger partial charge < -0.3 is 4.90 Å². The second-order valence-electron chi connectivity index (χ2n) is 7.03. The highest BCUT2D eigenvalue weighted by Crippen LogP contribution is 2.26. The number of rotatable bonds is 5. The molecule has 0 bridgehead atoms. The van der Waals surface area contributed by atoms with E-state index >= 15 is 0 Å². The summed E-state index contributed by atoms with van der Waals surface area (Å²) in [5.41, 5.74) is 2.10. The van der Waals surface area contributed by atoms with Gasteiger partial charge in [-0.3, -0.25) is 9.69 Å². The van der Waals surface area contributed by atoms with Gasteiger partial charge in [0.25, 0.3) is 5.91 Å². The second kappa shape index (κ2) is 8.60. The molecule has 1 aliphatic rings. The fourth-order valence-corrected chi connectivity index (χ4v) is 4.08. The predicted octanol–water partition coefficient (Wildman–Crippen LogP) is 4.05. The van der Waals surface area contributed by atoms with E-state index in [1.807, 2.05) is 17.9 Å². The van der Waals surface area contributed by atoms with Crippen LogP contribution in [0.1, 0.15) is 45.7 Å². The van der Waals surface area contributed by atoms with Crippen molar-refractivity contribution in [3.63, 3.8) is 0 Å². The van der Waals surface area contributed by atoms with Gasteiger partial charge in [-0.1, -0.05) is 56.3 Å². The minimum Gasteiger partial charge on any atom is -0.335 e. The highest BCUT2D eigenvalue weighted by atomic mass is 32.1. The van der Waals surface area contributed by atoms with Gasteiger partial charge in [0.15, 0.2) is 0 Å². The van der Waals surface area contributed by atoms with Crippen molar-refractivity contribution < 1.29 is 4.79 Å². The quantitative estimate of drug-likeness (QED) is 0.798. The van der Waals surface area contributed by atoms with Crippen LogP contribution in [0.4, 0.5) is 0 Å². The Morgan fingerprint density at radius 2 is 1.88 bits per heavy atom. The lowest BCUT2D eigenvalue weighted by Crippen LogP contribution is -2.48. The molecule has 0 N–H and O–H groups in total. The third-order valence-electron chi connectivity index (χ3n) is 4.63. The van der Waals surface area contributed by atoms with Crippen LogP contribution in [0.5, 0.6) is 0 Å². The first-order valence-corrected chi connectivity index (χ1v) is 10.1. The number of hydrogen-bond donors (Lipinski definition) is 0. The molecule has 2 aromatic rings. The van der Waals surface area contributed by atoms with E-state index in [9.17, 15) is 4.79 Å². The first-order chi connectivity index (χ1) is 12.5. The van der Waals surface area contributed by atoms with Crippen LogP contribution in [-0.2, 0) is 0 Å². The van der Waals surface area contributed by atoms with Crippen molar-refractivity contribution >= 4 is 23.3 Å². The van der Waals surface area contributed by atoms with Crippen molar-refractivity contribution in [1.29, 1.82) is 0 Å². The lowest BCUT2D eigenvalue weighted by molar-refractivity contribution is 0.0654. The van der Waals surface area contributed by atoms with Gasteiger partial charge in [0.05, 0.1) is 10.7 Å². The van der Waals surface area contributed by atoms with E-state index in [1.165, 1.54) is 5.56 Å². The molecular weight excluding hydrogens is 342 g/mol. The van der Waals surface area contributed by atoms with Crippen molar-refractivity contribution in [2.75, 3.05) is 32.7 Å². The number of thiazole rings is 1. The molecule has 0 atom stereocenters. The van der Waals surface area contributed by atoms with E-state index in [2.05, 4.69) is 60.1 Å². The lowest BCUT2D eigenvalue weighted by atomic mass is 10.2. The van der Waals surface area contributed by atoms with Crippen LogP contribution in [0.25, 0.3) is 6.08 Å². The fourth-order valence-electron chi connectivity index (χ4n) is 3.04. The van der Waals surface area contributed by atoms with E-state index in [0.717, 1.165) is 48.3 Å². The summed E-state index contributed by atoms with van der Waals surface area (Å²) in [5, 5.41) is 1.05. The van der Waals surface area contributed by atoms with Crippen LogP contribution < -0.4 is 0 Å².